The molecule has 1 aliphatic rings. The molecule has 1 amide bonds. The molecule has 108 valence electrons. The number of amides is 1. The van der Waals surface area contributed by atoms with Gasteiger partial charge in [0.1, 0.15) is 6.04 Å². The first-order chi connectivity index (χ1) is 9.68. The van der Waals surface area contributed by atoms with E-state index in [0.717, 1.165) is 12.3 Å². The summed E-state index contributed by atoms with van der Waals surface area (Å²) in [4.78, 5) is 23.4. The van der Waals surface area contributed by atoms with Crippen molar-refractivity contribution in [3.05, 3.63) is 35.9 Å². The van der Waals surface area contributed by atoms with E-state index in [9.17, 15) is 9.59 Å². The third-order valence-electron chi connectivity index (χ3n) is 3.17. The Labute approximate surface area is 122 Å². The minimum absolute atomic E-state index is 0.000623. The summed E-state index contributed by atoms with van der Waals surface area (Å²) in [7, 11) is 0. The van der Waals surface area contributed by atoms with Gasteiger partial charge in [-0.15, -0.1) is 11.8 Å². The van der Waals surface area contributed by atoms with Crippen LogP contribution in [-0.2, 0) is 4.79 Å². The second kappa shape index (κ2) is 7.42. The van der Waals surface area contributed by atoms with Crippen molar-refractivity contribution in [1.29, 1.82) is 0 Å². The zero-order chi connectivity index (χ0) is 14.4. The minimum atomic E-state index is -0.439. The molecular formula is C14H19N3O2S. The van der Waals surface area contributed by atoms with Gasteiger partial charge < -0.3 is 16.4 Å². The molecule has 0 radical (unpaired) electrons. The van der Waals surface area contributed by atoms with Crippen molar-refractivity contribution in [2.45, 2.75) is 17.8 Å². The van der Waals surface area contributed by atoms with E-state index in [1.807, 2.05) is 18.2 Å². The maximum Gasteiger partial charge on any atom is 0.237 e. The summed E-state index contributed by atoms with van der Waals surface area (Å²) in [6.07, 6.45) is 0.352. The number of thioether (sulfide) groups is 1. The van der Waals surface area contributed by atoms with Crippen LogP contribution < -0.4 is 16.4 Å². The van der Waals surface area contributed by atoms with Crippen molar-refractivity contribution >= 4 is 23.5 Å². The molecule has 20 heavy (non-hydrogen) atoms. The summed E-state index contributed by atoms with van der Waals surface area (Å²) in [5, 5.41) is 6.30. The summed E-state index contributed by atoms with van der Waals surface area (Å²) < 4.78 is 0. The first-order valence-electron chi connectivity index (χ1n) is 6.64. The van der Waals surface area contributed by atoms with Crippen LogP contribution in [-0.4, -0.2) is 41.9 Å². The van der Waals surface area contributed by atoms with E-state index in [-0.39, 0.29) is 17.1 Å². The van der Waals surface area contributed by atoms with E-state index in [1.54, 1.807) is 23.9 Å². The van der Waals surface area contributed by atoms with Crippen LogP contribution in [0.25, 0.3) is 0 Å². The number of nitrogens with two attached hydrogens (primary N) is 1. The number of Topliss-reactive ketones (excluding diaryl/α,β-unsaturated/α-hetero) is 1. The Hall–Kier alpha value is -1.37. The zero-order valence-corrected chi connectivity index (χ0v) is 12.0. The highest BCUT2D eigenvalue weighted by atomic mass is 32.2. The third kappa shape index (κ3) is 4.06. The zero-order valence-electron chi connectivity index (χ0n) is 11.2. The van der Waals surface area contributed by atoms with Crippen molar-refractivity contribution in [2.24, 2.45) is 5.73 Å². The van der Waals surface area contributed by atoms with Crippen molar-refractivity contribution < 1.29 is 9.59 Å². The van der Waals surface area contributed by atoms with Crippen LogP contribution in [0.2, 0.25) is 0 Å². The van der Waals surface area contributed by atoms with Gasteiger partial charge in [0.25, 0.3) is 0 Å². The van der Waals surface area contributed by atoms with Crippen LogP contribution in [0.1, 0.15) is 16.8 Å². The van der Waals surface area contributed by atoms with Crippen LogP contribution in [0.4, 0.5) is 0 Å². The van der Waals surface area contributed by atoms with E-state index < -0.39 is 6.04 Å². The van der Waals surface area contributed by atoms with Gasteiger partial charge in [0.15, 0.2) is 5.78 Å². The summed E-state index contributed by atoms with van der Waals surface area (Å²) >= 11 is 1.67. The van der Waals surface area contributed by atoms with Crippen LogP contribution in [0, 0.1) is 0 Å². The number of hydrogen-bond acceptors (Lipinski definition) is 5. The Kier molecular flexibility index (Phi) is 5.58. The molecule has 0 spiro atoms. The predicted molar refractivity (Wildman–Crippen MR) is 80.6 cm³/mol. The van der Waals surface area contributed by atoms with Gasteiger partial charge in [-0.3, -0.25) is 9.59 Å². The molecule has 1 heterocycles. The molecule has 0 aliphatic carbocycles. The summed E-state index contributed by atoms with van der Waals surface area (Å²) in [5.41, 5.74) is 6.10. The quantitative estimate of drug-likeness (QED) is 0.632. The van der Waals surface area contributed by atoms with Crippen molar-refractivity contribution in [3.63, 3.8) is 0 Å². The second-order valence-electron chi connectivity index (χ2n) is 4.62. The molecule has 4 N–H and O–H groups in total. The van der Waals surface area contributed by atoms with Crippen LogP contribution in [0.15, 0.2) is 30.3 Å². The molecule has 2 unspecified atom stereocenters. The Bertz CT molecular complexity index is 461. The van der Waals surface area contributed by atoms with Gasteiger partial charge in [-0.1, -0.05) is 30.3 Å². The molecule has 2 rings (SSSR count). The normalized spacial score (nSPS) is 19.7. The predicted octanol–water partition coefficient (Wildman–Crippen LogP) is 0.365. The van der Waals surface area contributed by atoms with Gasteiger partial charge in [0, 0.05) is 30.8 Å². The third-order valence-corrected chi connectivity index (χ3v) is 4.40. The average Bonchev–Trinajstić information content (AvgIpc) is 2.97. The molecule has 1 saturated heterocycles. The number of ketones is 1. The number of benzene rings is 1. The molecule has 1 fully saturated rings. The van der Waals surface area contributed by atoms with Crippen LogP contribution in [0.5, 0.6) is 0 Å². The highest BCUT2D eigenvalue weighted by Crippen LogP contribution is 2.17. The maximum absolute atomic E-state index is 11.9. The number of rotatable bonds is 7. The fourth-order valence-electron chi connectivity index (χ4n) is 2.13. The second-order valence-corrected chi connectivity index (χ2v) is 5.87. The fourth-order valence-corrected chi connectivity index (χ4v) is 3.27. The fraction of sp³-hybridized carbons (Fsp3) is 0.429. The van der Waals surface area contributed by atoms with Gasteiger partial charge in [0.05, 0.1) is 5.37 Å². The summed E-state index contributed by atoms with van der Waals surface area (Å²) in [6.45, 7) is 1.32. The highest BCUT2D eigenvalue weighted by molar-refractivity contribution is 8.00. The van der Waals surface area contributed by atoms with Gasteiger partial charge in [-0.2, -0.15) is 0 Å². The lowest BCUT2D eigenvalue weighted by atomic mass is 10.1. The number of hydrogen-bond donors (Lipinski definition) is 3. The largest absolute Gasteiger partial charge is 0.368 e. The van der Waals surface area contributed by atoms with E-state index in [1.165, 1.54) is 0 Å². The van der Waals surface area contributed by atoms with E-state index in [0.29, 0.717) is 18.5 Å². The number of nitrogens with one attached hydrogen (secondary N) is 2. The molecule has 0 bridgehead atoms. The first-order valence-corrected chi connectivity index (χ1v) is 7.69. The highest BCUT2D eigenvalue weighted by Gasteiger charge is 2.29. The van der Waals surface area contributed by atoms with Gasteiger partial charge >= 0.3 is 0 Å². The van der Waals surface area contributed by atoms with E-state index in [4.69, 9.17) is 5.73 Å². The lowest BCUT2D eigenvalue weighted by Crippen LogP contribution is -2.52. The van der Waals surface area contributed by atoms with Gasteiger partial charge in [-0.25, -0.2) is 0 Å². The molecule has 2 atom stereocenters. The minimum Gasteiger partial charge on any atom is -0.368 e. The monoisotopic (exact) mass is 293 g/mol. The molecular weight excluding hydrogens is 274 g/mol. The lowest BCUT2D eigenvalue weighted by molar-refractivity contribution is -0.120. The molecule has 0 aromatic heterocycles. The van der Waals surface area contributed by atoms with Crippen molar-refractivity contribution in [3.8, 4) is 0 Å². The number of carbonyl (C=O) groups is 2. The molecule has 1 aromatic rings. The molecule has 1 aliphatic heterocycles. The van der Waals surface area contributed by atoms with Crippen molar-refractivity contribution in [1.82, 2.24) is 10.6 Å². The average molecular weight is 293 g/mol. The van der Waals surface area contributed by atoms with E-state index >= 15 is 0 Å². The number of carbonyl (C=O) groups excluding carboxylic acids is 2. The maximum atomic E-state index is 11.9. The smallest absolute Gasteiger partial charge is 0.237 e. The topological polar surface area (TPSA) is 84.2 Å². The summed E-state index contributed by atoms with van der Waals surface area (Å²) in [5.74, 6) is 0.649. The molecule has 1 aromatic carbocycles. The molecule has 5 nitrogen and oxygen atoms in total. The lowest BCUT2D eigenvalue weighted by Gasteiger charge is -2.21. The Morgan fingerprint density at radius 2 is 2.15 bits per heavy atom. The Balaban J connectivity index is 1.81. The first kappa shape index (κ1) is 15.0. The number of primary amides is 1. The standard InChI is InChI=1S/C14H19N3O2S/c15-13(19)12(14-17-8-9-20-14)16-7-6-11(18)10-4-2-1-3-5-10/h1-5,12,14,16-17H,6-9H2,(H2,15,19). The van der Waals surface area contributed by atoms with E-state index in [2.05, 4.69) is 10.6 Å². The summed E-state index contributed by atoms with van der Waals surface area (Å²) in [6, 6.07) is 8.70. The molecule has 0 saturated carbocycles. The van der Waals surface area contributed by atoms with Gasteiger partial charge in [0.2, 0.25) is 5.91 Å². The van der Waals surface area contributed by atoms with Crippen LogP contribution in [0.3, 0.4) is 0 Å². The Morgan fingerprint density at radius 1 is 1.40 bits per heavy atom. The molecule has 6 heteroatoms. The van der Waals surface area contributed by atoms with Crippen molar-refractivity contribution in [2.75, 3.05) is 18.8 Å². The Morgan fingerprint density at radius 3 is 2.75 bits per heavy atom. The SMILES string of the molecule is NC(=O)C(NCCC(=O)c1ccccc1)C1NCCS1. The van der Waals surface area contributed by atoms with Crippen LogP contribution >= 0.6 is 11.8 Å². The van der Waals surface area contributed by atoms with Gasteiger partial charge in [-0.05, 0) is 0 Å².